The summed E-state index contributed by atoms with van der Waals surface area (Å²) in [7, 11) is -3.08. The zero-order valence-electron chi connectivity index (χ0n) is 20.8. The monoisotopic (exact) mass is 523 g/mol. The highest BCUT2D eigenvalue weighted by atomic mass is 32.2. The van der Waals surface area contributed by atoms with Crippen molar-refractivity contribution >= 4 is 21.4 Å². The van der Waals surface area contributed by atoms with Crippen molar-refractivity contribution in [1.82, 2.24) is 9.78 Å². The number of fused-ring (bicyclic) bond motifs is 1. The third kappa shape index (κ3) is 4.77. The van der Waals surface area contributed by atoms with Gasteiger partial charge in [-0.1, -0.05) is 0 Å². The maximum atomic E-state index is 13.6. The lowest BCUT2D eigenvalue weighted by Crippen LogP contribution is -2.43. The molecule has 0 spiro atoms. The Bertz CT molecular complexity index is 1450. The first-order chi connectivity index (χ1) is 17.8. The fourth-order valence-corrected chi connectivity index (χ4v) is 7.19. The van der Waals surface area contributed by atoms with E-state index in [0.29, 0.717) is 17.9 Å². The second-order valence-electron chi connectivity index (χ2n) is 10.5. The van der Waals surface area contributed by atoms with Crippen LogP contribution in [-0.4, -0.2) is 41.7 Å². The molecule has 194 valence electrons. The van der Waals surface area contributed by atoms with Crippen LogP contribution in [0.3, 0.4) is 0 Å². The minimum atomic E-state index is -3.08. The van der Waals surface area contributed by atoms with Crippen LogP contribution in [0.25, 0.3) is 11.1 Å². The highest BCUT2D eigenvalue weighted by Crippen LogP contribution is 2.46. The Morgan fingerprint density at radius 1 is 1.08 bits per heavy atom. The van der Waals surface area contributed by atoms with Gasteiger partial charge in [-0.3, -0.25) is 9.48 Å². The third-order valence-electron chi connectivity index (χ3n) is 7.67. The van der Waals surface area contributed by atoms with E-state index < -0.39 is 9.84 Å². The number of sulfone groups is 1. The van der Waals surface area contributed by atoms with E-state index in [1.54, 1.807) is 23.0 Å². The van der Waals surface area contributed by atoms with Crippen molar-refractivity contribution in [2.45, 2.75) is 57.5 Å². The van der Waals surface area contributed by atoms with Gasteiger partial charge >= 0.3 is 0 Å². The summed E-state index contributed by atoms with van der Waals surface area (Å²) in [5.74, 6) is 1.36. The van der Waals surface area contributed by atoms with Crippen LogP contribution in [0, 0.1) is 11.7 Å². The van der Waals surface area contributed by atoms with Gasteiger partial charge in [0.2, 0.25) is 5.91 Å². The lowest BCUT2D eigenvalue weighted by Gasteiger charge is -2.36. The third-order valence-corrected chi connectivity index (χ3v) is 9.47. The summed E-state index contributed by atoms with van der Waals surface area (Å²) in [4.78, 5) is 15.1. The zero-order chi connectivity index (χ0) is 25.7. The molecule has 1 aromatic heterocycles. The van der Waals surface area contributed by atoms with Gasteiger partial charge in [0.15, 0.2) is 9.84 Å². The lowest BCUT2D eigenvalue weighted by molar-refractivity contribution is -0.120. The van der Waals surface area contributed by atoms with Crippen molar-refractivity contribution < 1.29 is 22.3 Å². The minimum Gasteiger partial charge on any atom is -0.456 e. The van der Waals surface area contributed by atoms with Gasteiger partial charge in [0.05, 0.1) is 29.4 Å². The van der Waals surface area contributed by atoms with Crippen LogP contribution in [0.2, 0.25) is 0 Å². The van der Waals surface area contributed by atoms with Gasteiger partial charge < -0.3 is 9.64 Å². The standard InChI is InChI=1S/C28H30FN3O4S/c1-18-4-11-25-26(32(18)28(33)19-5-6-19)13-12-24(27(25)36-23-9-7-21(29)8-10-23)20-15-30-31(16-20)22-3-2-14-37(34,35)17-22/h7-10,12-13,15-16,18-19,22H,2-6,11,14,17H2,1H3/t18-,22?/m0/s1. The number of benzene rings is 2. The molecule has 2 aliphatic heterocycles. The number of halogens is 1. The van der Waals surface area contributed by atoms with E-state index in [1.807, 2.05) is 23.2 Å². The van der Waals surface area contributed by atoms with E-state index in [0.717, 1.165) is 54.5 Å². The molecule has 2 atom stereocenters. The van der Waals surface area contributed by atoms with Gasteiger partial charge in [-0.05, 0) is 81.8 Å². The van der Waals surface area contributed by atoms with E-state index in [-0.39, 0.29) is 41.2 Å². The fraction of sp³-hybridized carbons (Fsp3) is 0.429. The molecule has 7 nitrogen and oxygen atoms in total. The molecule has 37 heavy (non-hydrogen) atoms. The molecule has 1 saturated carbocycles. The first-order valence-corrected chi connectivity index (χ1v) is 14.8. The summed E-state index contributed by atoms with van der Waals surface area (Å²) in [5.41, 5.74) is 3.42. The molecule has 6 rings (SSSR count). The Hall–Kier alpha value is -3.20. The van der Waals surface area contributed by atoms with Crippen LogP contribution < -0.4 is 9.64 Å². The Morgan fingerprint density at radius 3 is 2.59 bits per heavy atom. The predicted molar refractivity (Wildman–Crippen MR) is 139 cm³/mol. The number of nitrogens with zero attached hydrogens (tertiary/aromatic N) is 3. The molecule has 9 heteroatoms. The van der Waals surface area contributed by atoms with Crippen molar-refractivity contribution in [3.8, 4) is 22.6 Å². The predicted octanol–water partition coefficient (Wildman–Crippen LogP) is 5.31. The highest BCUT2D eigenvalue weighted by Gasteiger charge is 2.39. The summed E-state index contributed by atoms with van der Waals surface area (Å²) >= 11 is 0. The summed E-state index contributed by atoms with van der Waals surface area (Å²) < 4.78 is 46.1. The number of amides is 1. The Morgan fingerprint density at radius 2 is 1.86 bits per heavy atom. The molecule has 1 saturated heterocycles. The fourth-order valence-electron chi connectivity index (χ4n) is 5.52. The average molecular weight is 524 g/mol. The van der Waals surface area contributed by atoms with Gasteiger partial charge in [-0.15, -0.1) is 0 Å². The van der Waals surface area contributed by atoms with Crippen LogP contribution in [0.1, 0.15) is 50.6 Å². The largest absolute Gasteiger partial charge is 0.456 e. The van der Waals surface area contributed by atoms with Crippen molar-refractivity contribution in [3.05, 3.63) is 60.2 Å². The van der Waals surface area contributed by atoms with Gasteiger partial charge in [0.25, 0.3) is 0 Å². The first kappa shape index (κ1) is 24.2. The summed E-state index contributed by atoms with van der Waals surface area (Å²) in [6.45, 7) is 2.08. The van der Waals surface area contributed by atoms with Crippen molar-refractivity contribution in [1.29, 1.82) is 0 Å². The summed E-state index contributed by atoms with van der Waals surface area (Å²) in [6.07, 6.45) is 8.43. The van der Waals surface area contributed by atoms with Gasteiger partial charge in [0, 0.05) is 34.8 Å². The molecule has 3 aliphatic rings. The second kappa shape index (κ2) is 9.28. The van der Waals surface area contributed by atoms with Crippen LogP contribution in [0.5, 0.6) is 11.5 Å². The zero-order valence-corrected chi connectivity index (χ0v) is 21.6. The molecular weight excluding hydrogens is 493 g/mol. The molecule has 3 heterocycles. The number of aromatic nitrogens is 2. The van der Waals surface area contributed by atoms with Crippen molar-refractivity contribution in [2.24, 2.45) is 5.92 Å². The number of ether oxygens (including phenoxy) is 1. The minimum absolute atomic E-state index is 0.0906. The summed E-state index contributed by atoms with van der Waals surface area (Å²) in [6, 6.07) is 9.73. The van der Waals surface area contributed by atoms with E-state index >= 15 is 0 Å². The Balaban J connectivity index is 1.42. The highest BCUT2D eigenvalue weighted by molar-refractivity contribution is 7.91. The maximum Gasteiger partial charge on any atom is 0.230 e. The summed E-state index contributed by atoms with van der Waals surface area (Å²) in [5, 5.41) is 4.52. The molecule has 0 radical (unpaired) electrons. The van der Waals surface area contributed by atoms with Gasteiger partial charge in [-0.25, -0.2) is 12.8 Å². The average Bonchev–Trinajstić information content (AvgIpc) is 3.61. The number of hydrogen-bond donors (Lipinski definition) is 0. The Labute approximate surface area is 216 Å². The van der Waals surface area contributed by atoms with Gasteiger partial charge in [-0.2, -0.15) is 5.10 Å². The maximum absolute atomic E-state index is 13.6. The van der Waals surface area contributed by atoms with Crippen LogP contribution in [0.15, 0.2) is 48.8 Å². The molecular formula is C28H30FN3O4S. The molecule has 1 unspecified atom stereocenters. The van der Waals surface area contributed by atoms with Crippen molar-refractivity contribution in [2.75, 3.05) is 16.4 Å². The van der Waals surface area contributed by atoms with Crippen molar-refractivity contribution in [3.63, 3.8) is 0 Å². The SMILES string of the molecule is C[C@H]1CCc2c(ccc(-c3cnn(C4CCCS(=O)(=O)C4)c3)c2Oc2ccc(F)cc2)N1C(=O)C1CC1. The quantitative estimate of drug-likeness (QED) is 0.453. The molecule has 2 fully saturated rings. The second-order valence-corrected chi connectivity index (χ2v) is 12.7. The topological polar surface area (TPSA) is 81.5 Å². The molecule has 2 aromatic carbocycles. The number of hydrogen-bond acceptors (Lipinski definition) is 5. The normalized spacial score (nSPS) is 22.9. The van der Waals surface area contributed by atoms with Crippen LogP contribution in [-0.2, 0) is 21.1 Å². The number of anilines is 1. The van der Waals surface area contributed by atoms with Crippen LogP contribution >= 0.6 is 0 Å². The molecule has 1 aliphatic carbocycles. The molecule has 0 bridgehead atoms. The van der Waals surface area contributed by atoms with Gasteiger partial charge in [0.1, 0.15) is 17.3 Å². The smallest absolute Gasteiger partial charge is 0.230 e. The Kier molecular flexibility index (Phi) is 6.06. The number of rotatable bonds is 5. The van der Waals surface area contributed by atoms with E-state index in [2.05, 4.69) is 12.0 Å². The van der Waals surface area contributed by atoms with E-state index in [9.17, 15) is 17.6 Å². The van der Waals surface area contributed by atoms with Crippen LogP contribution in [0.4, 0.5) is 10.1 Å². The molecule has 3 aromatic rings. The first-order valence-electron chi connectivity index (χ1n) is 13.0. The number of carbonyl (C=O) groups excluding carboxylic acids is 1. The van der Waals surface area contributed by atoms with E-state index in [4.69, 9.17) is 4.74 Å². The lowest BCUT2D eigenvalue weighted by atomic mass is 9.92. The van der Waals surface area contributed by atoms with E-state index in [1.165, 1.54) is 12.1 Å². The molecule has 0 N–H and O–H groups in total. The molecule has 1 amide bonds. The number of carbonyl (C=O) groups is 1.